The second-order valence-corrected chi connectivity index (χ2v) is 2.78. The van der Waals surface area contributed by atoms with Crippen molar-refractivity contribution in [2.45, 2.75) is 19.3 Å². The van der Waals surface area contributed by atoms with Crippen molar-refractivity contribution in [2.75, 3.05) is 26.3 Å². The Hall–Kier alpha value is -0.750. The van der Waals surface area contributed by atoms with Crippen LogP contribution in [0.1, 0.15) is 12.8 Å². The van der Waals surface area contributed by atoms with Crippen LogP contribution >= 0.6 is 0 Å². The van der Waals surface area contributed by atoms with Crippen LogP contribution in [0.2, 0.25) is 0 Å². The highest BCUT2D eigenvalue weighted by molar-refractivity contribution is 5.76. The molecule has 6 heteroatoms. The Labute approximate surface area is 81.1 Å². The number of halogens is 2. The van der Waals surface area contributed by atoms with Gasteiger partial charge in [-0.2, -0.15) is 0 Å². The second-order valence-electron chi connectivity index (χ2n) is 2.78. The molecule has 0 heterocycles. The van der Waals surface area contributed by atoms with Crippen LogP contribution < -0.4 is 0 Å². The zero-order valence-electron chi connectivity index (χ0n) is 7.83. The molecule has 0 aromatic rings. The first-order valence-corrected chi connectivity index (χ1v) is 4.39. The van der Waals surface area contributed by atoms with Crippen LogP contribution in [0, 0.1) is 0 Å². The van der Waals surface area contributed by atoms with Crippen molar-refractivity contribution in [3.63, 3.8) is 0 Å². The molecule has 0 aromatic carbocycles. The molecule has 0 atom stereocenters. The lowest BCUT2D eigenvalue weighted by molar-refractivity contribution is -0.134. The largest absolute Gasteiger partial charge is 0.396 e. The molecule has 0 saturated carbocycles. The zero-order valence-corrected chi connectivity index (χ0v) is 7.83. The van der Waals surface area contributed by atoms with Gasteiger partial charge in [0.15, 0.2) is 0 Å². The highest BCUT2D eigenvalue weighted by Gasteiger charge is 2.16. The normalized spacial score (nSPS) is 10.6. The van der Waals surface area contributed by atoms with Crippen LogP contribution in [0.15, 0.2) is 0 Å². The third-order valence-corrected chi connectivity index (χ3v) is 1.63. The first-order valence-electron chi connectivity index (χ1n) is 4.39. The van der Waals surface area contributed by atoms with E-state index in [1.54, 1.807) is 0 Å². The molecule has 0 fully saturated rings. The molecule has 2 N–H and O–H groups in total. The Morgan fingerprint density at radius 1 is 1.29 bits per heavy atom. The summed E-state index contributed by atoms with van der Waals surface area (Å²) in [5.41, 5.74) is 0. The van der Waals surface area contributed by atoms with Crippen molar-refractivity contribution < 1.29 is 23.8 Å². The molecule has 1 amide bonds. The molecule has 0 saturated heterocycles. The molecule has 0 spiro atoms. The minimum atomic E-state index is -2.60. The monoisotopic (exact) mass is 211 g/mol. The first kappa shape index (κ1) is 13.2. The number of hydrogen-bond donors (Lipinski definition) is 2. The van der Waals surface area contributed by atoms with E-state index in [1.807, 2.05) is 0 Å². The number of carbonyl (C=O) groups is 1. The Bertz CT molecular complexity index is 167. The van der Waals surface area contributed by atoms with E-state index in [2.05, 4.69) is 0 Å². The summed E-state index contributed by atoms with van der Waals surface area (Å²) in [5, 5.41) is 17.0. The smallest absolute Gasteiger partial charge is 0.255 e. The molecule has 4 nitrogen and oxygen atoms in total. The Balaban J connectivity index is 3.97. The van der Waals surface area contributed by atoms with Gasteiger partial charge in [-0.25, -0.2) is 8.78 Å². The Kier molecular flexibility index (Phi) is 7.23. The predicted molar refractivity (Wildman–Crippen MR) is 46.0 cm³/mol. The maximum atomic E-state index is 12.0. The average molecular weight is 211 g/mol. The maximum Gasteiger partial charge on any atom is 0.255 e. The molecule has 14 heavy (non-hydrogen) atoms. The number of nitrogens with zero attached hydrogens (tertiary/aromatic N) is 1. The standard InChI is InChI=1S/C8H15F2NO3/c9-7(10)6-11(3-5-13)8(14)2-1-4-12/h7,12-13H,1-6H2. The second kappa shape index (κ2) is 7.64. The van der Waals surface area contributed by atoms with Crippen molar-refractivity contribution in [3.05, 3.63) is 0 Å². The highest BCUT2D eigenvalue weighted by Crippen LogP contribution is 2.02. The molecular weight excluding hydrogens is 196 g/mol. The fourth-order valence-corrected chi connectivity index (χ4v) is 0.994. The summed E-state index contributed by atoms with van der Waals surface area (Å²) in [7, 11) is 0. The number of aliphatic hydroxyl groups is 2. The van der Waals surface area contributed by atoms with Crippen molar-refractivity contribution in [3.8, 4) is 0 Å². The summed E-state index contributed by atoms with van der Waals surface area (Å²) < 4.78 is 23.9. The van der Waals surface area contributed by atoms with Gasteiger partial charge in [0, 0.05) is 19.6 Å². The molecule has 0 rings (SSSR count). The van der Waals surface area contributed by atoms with Gasteiger partial charge >= 0.3 is 0 Å². The van der Waals surface area contributed by atoms with Gasteiger partial charge in [-0.15, -0.1) is 0 Å². The van der Waals surface area contributed by atoms with Gasteiger partial charge in [-0.1, -0.05) is 0 Å². The number of rotatable bonds is 7. The summed E-state index contributed by atoms with van der Waals surface area (Å²) >= 11 is 0. The van der Waals surface area contributed by atoms with E-state index in [4.69, 9.17) is 10.2 Å². The van der Waals surface area contributed by atoms with E-state index in [0.717, 1.165) is 4.90 Å². The highest BCUT2D eigenvalue weighted by atomic mass is 19.3. The lowest BCUT2D eigenvalue weighted by Gasteiger charge is -2.20. The topological polar surface area (TPSA) is 60.8 Å². The van der Waals surface area contributed by atoms with E-state index in [1.165, 1.54) is 0 Å². The maximum absolute atomic E-state index is 12.0. The van der Waals surface area contributed by atoms with Crippen molar-refractivity contribution in [2.24, 2.45) is 0 Å². The van der Waals surface area contributed by atoms with Crippen molar-refractivity contribution >= 4 is 5.91 Å². The van der Waals surface area contributed by atoms with E-state index in [0.29, 0.717) is 0 Å². The molecule has 0 bridgehead atoms. The SMILES string of the molecule is O=C(CCCO)N(CCO)CC(F)F. The van der Waals surface area contributed by atoms with Crippen molar-refractivity contribution in [1.29, 1.82) is 0 Å². The molecule has 0 unspecified atom stereocenters. The summed E-state index contributed by atoms with van der Waals surface area (Å²) in [6.07, 6.45) is -2.31. The number of aliphatic hydroxyl groups excluding tert-OH is 2. The quantitative estimate of drug-likeness (QED) is 0.615. The lowest BCUT2D eigenvalue weighted by atomic mass is 10.3. The van der Waals surface area contributed by atoms with Crippen LogP contribution in [-0.4, -0.2) is 53.7 Å². The molecule has 0 aliphatic carbocycles. The molecule has 0 aliphatic heterocycles. The predicted octanol–water partition coefficient (Wildman–Crippen LogP) is -0.155. The summed E-state index contributed by atoms with van der Waals surface area (Å²) in [6, 6.07) is 0. The van der Waals surface area contributed by atoms with E-state index in [-0.39, 0.29) is 32.6 Å². The Morgan fingerprint density at radius 3 is 2.36 bits per heavy atom. The molecule has 0 radical (unpaired) electrons. The van der Waals surface area contributed by atoms with E-state index < -0.39 is 18.9 Å². The summed E-state index contributed by atoms with van der Waals surface area (Å²) in [4.78, 5) is 12.1. The lowest BCUT2D eigenvalue weighted by Crippen LogP contribution is -2.37. The fraction of sp³-hybridized carbons (Fsp3) is 0.875. The van der Waals surface area contributed by atoms with Crippen LogP contribution in [0.5, 0.6) is 0 Å². The number of amides is 1. The number of hydrogen-bond acceptors (Lipinski definition) is 3. The number of alkyl halides is 2. The molecule has 0 aliphatic rings. The number of carbonyl (C=O) groups excluding carboxylic acids is 1. The molecular formula is C8H15F2NO3. The van der Waals surface area contributed by atoms with E-state index in [9.17, 15) is 13.6 Å². The Morgan fingerprint density at radius 2 is 1.93 bits per heavy atom. The van der Waals surface area contributed by atoms with Gasteiger partial charge in [-0.3, -0.25) is 4.79 Å². The van der Waals surface area contributed by atoms with Crippen molar-refractivity contribution in [1.82, 2.24) is 4.90 Å². The summed E-state index contributed by atoms with van der Waals surface area (Å²) in [5.74, 6) is -0.464. The van der Waals surface area contributed by atoms with Gasteiger partial charge in [0.2, 0.25) is 5.91 Å². The summed E-state index contributed by atoms with van der Waals surface area (Å²) in [6.45, 7) is -1.23. The minimum absolute atomic E-state index is 0.0310. The van der Waals surface area contributed by atoms with Gasteiger partial charge < -0.3 is 15.1 Å². The fourth-order valence-electron chi connectivity index (χ4n) is 0.994. The van der Waals surface area contributed by atoms with Gasteiger partial charge in [-0.05, 0) is 6.42 Å². The average Bonchev–Trinajstić information content (AvgIpc) is 2.13. The van der Waals surface area contributed by atoms with E-state index >= 15 is 0 Å². The minimum Gasteiger partial charge on any atom is -0.396 e. The van der Waals surface area contributed by atoms with Crippen LogP contribution in [0.3, 0.4) is 0 Å². The third kappa shape index (κ3) is 5.82. The molecule has 84 valence electrons. The third-order valence-electron chi connectivity index (χ3n) is 1.63. The van der Waals surface area contributed by atoms with Gasteiger partial charge in [0.25, 0.3) is 6.43 Å². The first-order chi connectivity index (χ1) is 6.61. The molecule has 0 aromatic heterocycles. The zero-order chi connectivity index (χ0) is 11.0. The van der Waals surface area contributed by atoms with Crippen LogP contribution in [0.4, 0.5) is 8.78 Å². The van der Waals surface area contributed by atoms with Crippen LogP contribution in [0.25, 0.3) is 0 Å². The van der Waals surface area contributed by atoms with Crippen LogP contribution in [-0.2, 0) is 4.79 Å². The van der Waals surface area contributed by atoms with Gasteiger partial charge in [0.1, 0.15) is 0 Å². The van der Waals surface area contributed by atoms with Gasteiger partial charge in [0.05, 0.1) is 13.2 Å².